The second-order valence-corrected chi connectivity index (χ2v) is 6.17. The van der Waals surface area contributed by atoms with Crippen molar-refractivity contribution in [2.24, 2.45) is 0 Å². The summed E-state index contributed by atoms with van der Waals surface area (Å²) in [6, 6.07) is 7.57. The SMILES string of the molecule is Cc1cnc(C(=O)Nc2ccc(-c3cn4ccsc4n3)cc2)cn1. The number of rotatable bonds is 3. The van der Waals surface area contributed by atoms with Crippen LogP contribution in [0.4, 0.5) is 5.69 Å². The van der Waals surface area contributed by atoms with Gasteiger partial charge in [0.15, 0.2) is 4.96 Å². The summed E-state index contributed by atoms with van der Waals surface area (Å²) in [6.07, 6.45) is 7.01. The minimum absolute atomic E-state index is 0.280. The Hall–Kier alpha value is -3.06. The van der Waals surface area contributed by atoms with Crippen molar-refractivity contribution < 1.29 is 4.79 Å². The van der Waals surface area contributed by atoms with E-state index in [0.29, 0.717) is 11.4 Å². The molecule has 0 unspecified atom stereocenters. The number of carbonyl (C=O) groups is 1. The Morgan fingerprint density at radius 2 is 2.00 bits per heavy atom. The highest BCUT2D eigenvalue weighted by Crippen LogP contribution is 2.23. The lowest BCUT2D eigenvalue weighted by Crippen LogP contribution is -2.14. The number of carbonyl (C=O) groups excluding carboxylic acids is 1. The van der Waals surface area contributed by atoms with Crippen LogP contribution in [0.1, 0.15) is 16.2 Å². The molecule has 0 radical (unpaired) electrons. The molecule has 6 nitrogen and oxygen atoms in total. The number of nitrogens with one attached hydrogen (secondary N) is 1. The zero-order valence-corrected chi connectivity index (χ0v) is 13.6. The second-order valence-electron chi connectivity index (χ2n) is 5.29. The lowest BCUT2D eigenvalue weighted by atomic mass is 10.1. The Kier molecular flexibility index (Phi) is 3.55. The van der Waals surface area contributed by atoms with Gasteiger partial charge in [0.2, 0.25) is 0 Å². The van der Waals surface area contributed by atoms with E-state index in [1.807, 2.05) is 53.4 Å². The number of nitrogens with zero attached hydrogens (tertiary/aromatic N) is 4. The molecule has 7 heteroatoms. The molecule has 1 amide bonds. The zero-order chi connectivity index (χ0) is 16.5. The number of anilines is 1. The van der Waals surface area contributed by atoms with E-state index < -0.39 is 0 Å². The van der Waals surface area contributed by atoms with Crippen molar-refractivity contribution in [2.75, 3.05) is 5.32 Å². The van der Waals surface area contributed by atoms with Gasteiger partial charge >= 0.3 is 0 Å². The normalized spacial score (nSPS) is 10.9. The molecule has 118 valence electrons. The number of amides is 1. The fraction of sp³-hybridized carbons (Fsp3) is 0.0588. The number of fused-ring (bicyclic) bond motifs is 1. The van der Waals surface area contributed by atoms with Crippen molar-refractivity contribution >= 4 is 27.9 Å². The van der Waals surface area contributed by atoms with Crippen LogP contribution < -0.4 is 5.32 Å². The molecule has 0 spiro atoms. The van der Waals surface area contributed by atoms with E-state index in [4.69, 9.17) is 0 Å². The Morgan fingerprint density at radius 1 is 1.17 bits per heavy atom. The number of hydrogen-bond acceptors (Lipinski definition) is 5. The molecule has 4 rings (SSSR count). The zero-order valence-electron chi connectivity index (χ0n) is 12.8. The van der Waals surface area contributed by atoms with Crippen LogP contribution in [0.5, 0.6) is 0 Å². The average molecular weight is 335 g/mol. The Bertz CT molecular complexity index is 973. The molecule has 0 fully saturated rings. The van der Waals surface area contributed by atoms with Gasteiger partial charge in [-0.25, -0.2) is 9.97 Å². The van der Waals surface area contributed by atoms with E-state index in [-0.39, 0.29) is 5.91 Å². The molecule has 1 N–H and O–H groups in total. The molecule has 0 aliphatic carbocycles. The van der Waals surface area contributed by atoms with Crippen LogP contribution >= 0.6 is 11.3 Å². The average Bonchev–Trinajstić information content (AvgIpc) is 3.18. The minimum Gasteiger partial charge on any atom is -0.321 e. The molecule has 0 saturated carbocycles. The molecule has 3 heterocycles. The summed E-state index contributed by atoms with van der Waals surface area (Å²) in [5.74, 6) is -0.280. The molecule has 0 saturated heterocycles. The molecule has 3 aromatic heterocycles. The number of hydrogen-bond donors (Lipinski definition) is 1. The van der Waals surface area contributed by atoms with Crippen LogP contribution in [-0.4, -0.2) is 25.3 Å². The number of benzene rings is 1. The summed E-state index contributed by atoms with van der Waals surface area (Å²) in [4.78, 5) is 25.8. The molecule has 24 heavy (non-hydrogen) atoms. The van der Waals surface area contributed by atoms with Gasteiger partial charge in [-0.2, -0.15) is 0 Å². The van der Waals surface area contributed by atoms with Gasteiger partial charge in [0.25, 0.3) is 5.91 Å². The van der Waals surface area contributed by atoms with Crippen LogP contribution in [0, 0.1) is 6.92 Å². The van der Waals surface area contributed by atoms with Gasteiger partial charge in [0.05, 0.1) is 17.6 Å². The third-order valence-electron chi connectivity index (χ3n) is 3.55. The maximum Gasteiger partial charge on any atom is 0.275 e. The molecular formula is C17H13N5OS. The molecule has 0 aliphatic heterocycles. The van der Waals surface area contributed by atoms with Crippen molar-refractivity contribution in [1.29, 1.82) is 0 Å². The van der Waals surface area contributed by atoms with Crippen molar-refractivity contribution in [3.8, 4) is 11.3 Å². The van der Waals surface area contributed by atoms with E-state index in [9.17, 15) is 4.79 Å². The summed E-state index contributed by atoms with van der Waals surface area (Å²) in [7, 11) is 0. The summed E-state index contributed by atoms with van der Waals surface area (Å²) in [6.45, 7) is 1.83. The van der Waals surface area contributed by atoms with Crippen LogP contribution in [0.3, 0.4) is 0 Å². The minimum atomic E-state index is -0.280. The molecule has 0 bridgehead atoms. The fourth-order valence-electron chi connectivity index (χ4n) is 2.30. The van der Waals surface area contributed by atoms with E-state index in [0.717, 1.165) is 21.9 Å². The van der Waals surface area contributed by atoms with Crippen molar-refractivity contribution in [1.82, 2.24) is 19.4 Å². The first-order valence-electron chi connectivity index (χ1n) is 7.32. The van der Waals surface area contributed by atoms with Crippen molar-refractivity contribution in [2.45, 2.75) is 6.92 Å². The monoisotopic (exact) mass is 335 g/mol. The van der Waals surface area contributed by atoms with Gasteiger partial charge in [-0.15, -0.1) is 11.3 Å². The first-order chi connectivity index (χ1) is 11.7. The van der Waals surface area contributed by atoms with Gasteiger partial charge in [-0.1, -0.05) is 12.1 Å². The standard InChI is InChI=1S/C17H13N5OS/c1-11-8-19-14(9-18-11)16(23)20-13-4-2-12(3-5-13)15-10-22-6-7-24-17(22)21-15/h2-10H,1H3,(H,20,23). The molecular weight excluding hydrogens is 322 g/mol. The smallest absolute Gasteiger partial charge is 0.275 e. The van der Waals surface area contributed by atoms with E-state index in [2.05, 4.69) is 20.3 Å². The molecule has 4 aromatic rings. The Labute approximate surface area is 141 Å². The summed E-state index contributed by atoms with van der Waals surface area (Å²) >= 11 is 1.59. The van der Waals surface area contributed by atoms with Gasteiger partial charge in [0.1, 0.15) is 5.69 Å². The largest absolute Gasteiger partial charge is 0.321 e. The number of aryl methyl sites for hydroxylation is 1. The maximum atomic E-state index is 12.1. The number of imidazole rings is 1. The van der Waals surface area contributed by atoms with Crippen molar-refractivity contribution in [3.63, 3.8) is 0 Å². The van der Waals surface area contributed by atoms with E-state index in [1.165, 1.54) is 6.20 Å². The van der Waals surface area contributed by atoms with Gasteiger partial charge in [0, 0.05) is 35.2 Å². The summed E-state index contributed by atoms with van der Waals surface area (Å²) < 4.78 is 1.99. The lowest BCUT2D eigenvalue weighted by molar-refractivity contribution is 0.102. The van der Waals surface area contributed by atoms with Crippen LogP contribution in [-0.2, 0) is 0 Å². The van der Waals surface area contributed by atoms with E-state index >= 15 is 0 Å². The summed E-state index contributed by atoms with van der Waals surface area (Å²) in [5, 5.41) is 4.81. The quantitative estimate of drug-likeness (QED) is 0.623. The van der Waals surface area contributed by atoms with Crippen molar-refractivity contribution in [3.05, 3.63) is 65.8 Å². The number of thiazole rings is 1. The predicted molar refractivity (Wildman–Crippen MR) is 93.2 cm³/mol. The predicted octanol–water partition coefficient (Wildman–Crippen LogP) is 3.41. The van der Waals surface area contributed by atoms with Gasteiger partial charge in [-0.3, -0.25) is 14.2 Å². The molecule has 0 aliphatic rings. The van der Waals surface area contributed by atoms with Crippen LogP contribution in [0.2, 0.25) is 0 Å². The fourth-order valence-corrected chi connectivity index (χ4v) is 3.00. The van der Waals surface area contributed by atoms with E-state index in [1.54, 1.807) is 17.5 Å². The third kappa shape index (κ3) is 2.77. The second kappa shape index (κ2) is 5.86. The highest BCUT2D eigenvalue weighted by atomic mass is 32.1. The first-order valence-corrected chi connectivity index (χ1v) is 8.20. The lowest BCUT2D eigenvalue weighted by Gasteiger charge is -2.05. The topological polar surface area (TPSA) is 72.2 Å². The molecule has 1 aromatic carbocycles. The van der Waals surface area contributed by atoms with Crippen LogP contribution in [0.25, 0.3) is 16.2 Å². The van der Waals surface area contributed by atoms with Gasteiger partial charge in [-0.05, 0) is 19.1 Å². The first kappa shape index (κ1) is 14.5. The number of aromatic nitrogens is 4. The maximum absolute atomic E-state index is 12.1. The third-order valence-corrected chi connectivity index (χ3v) is 4.32. The Balaban J connectivity index is 1.52. The highest BCUT2D eigenvalue weighted by molar-refractivity contribution is 7.15. The summed E-state index contributed by atoms with van der Waals surface area (Å²) in [5.41, 5.74) is 3.67. The Morgan fingerprint density at radius 3 is 2.71 bits per heavy atom. The van der Waals surface area contributed by atoms with Gasteiger partial charge < -0.3 is 5.32 Å². The highest BCUT2D eigenvalue weighted by Gasteiger charge is 2.09. The van der Waals surface area contributed by atoms with Crippen LogP contribution in [0.15, 0.2) is 54.4 Å². The molecule has 0 atom stereocenters.